The Kier molecular flexibility index (Phi) is 13.2. The largest absolute Gasteiger partial charge is 0.748 e. The molecule has 38 heavy (non-hydrogen) atoms. The Morgan fingerprint density at radius 1 is 0.789 bits per heavy atom. The van der Waals surface area contributed by atoms with Gasteiger partial charge in [0.2, 0.25) is 0 Å². The van der Waals surface area contributed by atoms with Gasteiger partial charge >= 0.3 is 0 Å². The molecule has 2 heterocycles. The zero-order chi connectivity index (χ0) is 28.9. The highest BCUT2D eigenvalue weighted by Gasteiger charge is 2.51. The molecule has 0 spiro atoms. The topological polar surface area (TPSA) is 352 Å². The van der Waals surface area contributed by atoms with Crippen LogP contribution in [0.25, 0.3) is 0 Å². The maximum atomic E-state index is 10.9. The van der Waals surface area contributed by atoms with Crippen molar-refractivity contribution >= 4 is 11.4 Å². The first kappa shape index (κ1) is 33.6. The molecule has 20 heteroatoms. The number of aliphatic hydroxyl groups excluding tert-OH is 7. The van der Waals surface area contributed by atoms with Gasteiger partial charge in [0.05, 0.1) is 12.6 Å². The molecule has 0 bridgehead atoms. The van der Waals surface area contributed by atoms with Crippen molar-refractivity contribution in [3.8, 4) is 0 Å². The van der Waals surface area contributed by atoms with Crippen LogP contribution in [0.1, 0.15) is 6.42 Å². The monoisotopic (exact) mass is 581 g/mol. The van der Waals surface area contributed by atoms with Crippen LogP contribution in [-0.2, 0) is 34.6 Å². The van der Waals surface area contributed by atoms with E-state index in [4.69, 9.17) is 55.9 Å². The highest BCUT2D eigenvalue weighted by atomic mass is 32.2. The van der Waals surface area contributed by atoms with Gasteiger partial charge in [-0.2, -0.15) is 0 Å². The molecule has 2 saturated heterocycles. The molecular weight excluding hydrogens is 544 g/mol. The van der Waals surface area contributed by atoms with Gasteiger partial charge in [0.15, 0.2) is 12.6 Å². The van der Waals surface area contributed by atoms with E-state index in [2.05, 4.69) is 4.33 Å². The fourth-order valence-corrected chi connectivity index (χ4v) is 4.40. The van der Waals surface area contributed by atoms with Gasteiger partial charge in [-0.1, -0.05) is 0 Å². The second-order valence-electron chi connectivity index (χ2n) is 9.07. The standard InChI is InChI=1S/C18H36N4O11.H2O4S/c19-2-6-10(25)12(27)13(28)18(30-6)33-16-5(21)1-4(20)15(14(16)29)32-17-11(26)8(22)9(24)7(3-23)31-17;1-4-5(2)3/h4-18,23-29H,1-3,19-22H2;1H,(H,2,3)/p-1/t4?,5?,6?,7-,8-,9?,10-,11-,12+,13?,14-,15-,16?,17?,18-;/m1./s1. The summed E-state index contributed by atoms with van der Waals surface area (Å²) >= 11 is -2.77. The van der Waals surface area contributed by atoms with Crippen molar-refractivity contribution < 1.29 is 73.0 Å². The zero-order valence-electron chi connectivity index (χ0n) is 19.9. The summed E-state index contributed by atoms with van der Waals surface area (Å²) in [6.07, 6.45) is -16.5. The Bertz CT molecular complexity index is 694. The van der Waals surface area contributed by atoms with Crippen LogP contribution in [-0.4, -0.2) is 155 Å². The lowest BCUT2D eigenvalue weighted by atomic mass is 9.84. The van der Waals surface area contributed by atoms with Gasteiger partial charge in [-0.3, -0.25) is 0 Å². The van der Waals surface area contributed by atoms with E-state index in [-0.39, 0.29) is 13.0 Å². The molecule has 0 aromatic rings. The average Bonchev–Trinajstić information content (AvgIpc) is 2.88. The molecule has 1 aliphatic carbocycles. The van der Waals surface area contributed by atoms with Crippen LogP contribution in [0.5, 0.6) is 0 Å². The minimum absolute atomic E-state index is 0.0849. The maximum Gasteiger partial charge on any atom is 0.187 e. The number of ether oxygens (including phenoxy) is 4. The third kappa shape index (κ3) is 7.79. The lowest BCUT2D eigenvalue weighted by molar-refractivity contribution is -0.332. The third-order valence-corrected chi connectivity index (χ3v) is 6.66. The second kappa shape index (κ2) is 14.9. The smallest absolute Gasteiger partial charge is 0.187 e. The van der Waals surface area contributed by atoms with Crippen molar-refractivity contribution in [3.63, 3.8) is 0 Å². The minimum atomic E-state index is -2.77. The molecule has 16 N–H and O–H groups in total. The van der Waals surface area contributed by atoms with E-state index in [1.165, 1.54) is 0 Å². The first-order valence-corrected chi connectivity index (χ1v) is 12.5. The fraction of sp³-hybridized carbons (Fsp3) is 1.00. The summed E-state index contributed by atoms with van der Waals surface area (Å²) < 4.78 is 42.6. The van der Waals surface area contributed by atoms with Crippen LogP contribution >= 0.6 is 0 Å². The summed E-state index contributed by atoms with van der Waals surface area (Å²) in [5.41, 5.74) is 23.5. The van der Waals surface area contributed by atoms with Crippen molar-refractivity contribution in [2.45, 2.75) is 98.2 Å². The summed E-state index contributed by atoms with van der Waals surface area (Å²) in [5, 5.41) is 77.9. The highest BCUT2D eigenvalue weighted by molar-refractivity contribution is 7.73. The molecule has 1 saturated carbocycles. The number of hydrogen-bond acceptors (Lipinski definition) is 19. The predicted octanol–water partition coefficient (Wildman–Crippen LogP) is -8.02. The van der Waals surface area contributed by atoms with Crippen molar-refractivity contribution in [2.24, 2.45) is 22.9 Å². The molecule has 0 aromatic heterocycles. The number of rotatable bonds is 7. The zero-order valence-corrected chi connectivity index (χ0v) is 20.8. The Balaban J connectivity index is 0.000000926. The van der Waals surface area contributed by atoms with E-state index in [1.54, 1.807) is 0 Å². The lowest BCUT2D eigenvalue weighted by Crippen LogP contribution is -2.68. The normalized spacial score (nSPS) is 48.6. The molecule has 19 nitrogen and oxygen atoms in total. The van der Waals surface area contributed by atoms with E-state index < -0.39 is 110 Å². The molecule has 0 aromatic carbocycles. The molecule has 0 amide bonds. The summed E-state index contributed by atoms with van der Waals surface area (Å²) in [5.74, 6) is 0. The molecule has 3 fully saturated rings. The van der Waals surface area contributed by atoms with Gasteiger partial charge < -0.3 is 82.2 Å². The molecule has 8 unspecified atom stereocenters. The van der Waals surface area contributed by atoms with E-state index in [9.17, 15) is 35.7 Å². The van der Waals surface area contributed by atoms with Crippen LogP contribution in [0.2, 0.25) is 0 Å². The van der Waals surface area contributed by atoms with Crippen molar-refractivity contribution in [3.05, 3.63) is 0 Å². The minimum Gasteiger partial charge on any atom is -0.748 e. The number of hydrogen-bond donors (Lipinski definition) is 12. The number of aliphatic hydroxyl groups is 7. The lowest BCUT2D eigenvalue weighted by Gasteiger charge is -2.48. The van der Waals surface area contributed by atoms with Crippen molar-refractivity contribution in [1.29, 1.82) is 0 Å². The van der Waals surface area contributed by atoms with Crippen molar-refractivity contribution in [1.82, 2.24) is 0 Å². The average molecular weight is 582 g/mol. The van der Waals surface area contributed by atoms with Gasteiger partial charge in [0.1, 0.15) is 72.4 Å². The van der Waals surface area contributed by atoms with E-state index >= 15 is 0 Å². The Morgan fingerprint density at radius 2 is 1.26 bits per heavy atom. The first-order valence-electron chi connectivity index (χ1n) is 11.5. The van der Waals surface area contributed by atoms with Crippen LogP contribution in [0.15, 0.2) is 0 Å². The van der Waals surface area contributed by atoms with Gasteiger partial charge in [0, 0.05) is 18.6 Å². The molecule has 0 radical (unpaired) electrons. The SMILES string of the molecule is NCC1O[C@H](OC2C(N)CC(N)[C@@H](OC3O[C@H](CO)C(O)[C@@H](N)[C@H]3O)[C@H]2O)C(O)[C@@H](O)[C@@H]1O.O=S([O-])OO. The van der Waals surface area contributed by atoms with E-state index in [0.29, 0.717) is 0 Å². The Morgan fingerprint density at radius 3 is 1.71 bits per heavy atom. The van der Waals surface area contributed by atoms with Gasteiger partial charge in [-0.15, -0.1) is 4.33 Å². The van der Waals surface area contributed by atoms with E-state index in [1.807, 2.05) is 0 Å². The highest BCUT2D eigenvalue weighted by Crippen LogP contribution is 2.31. The fourth-order valence-electron chi connectivity index (χ4n) is 4.40. The molecule has 226 valence electrons. The quantitative estimate of drug-likeness (QED) is 0.0753. The Labute approximate surface area is 219 Å². The molecule has 3 rings (SSSR count). The molecular formula is C18H37N4O15S-. The van der Waals surface area contributed by atoms with Gasteiger partial charge in [-0.25, -0.2) is 9.47 Å². The summed E-state index contributed by atoms with van der Waals surface area (Å²) in [4.78, 5) is 0. The van der Waals surface area contributed by atoms with Crippen molar-refractivity contribution in [2.75, 3.05) is 13.2 Å². The summed E-state index contributed by atoms with van der Waals surface area (Å²) in [6, 6.07) is -2.86. The maximum absolute atomic E-state index is 10.9. The van der Waals surface area contributed by atoms with Gasteiger partial charge in [-0.05, 0) is 6.42 Å². The van der Waals surface area contributed by atoms with Crippen LogP contribution in [0.3, 0.4) is 0 Å². The molecule has 2 aliphatic heterocycles. The third-order valence-electron chi connectivity index (χ3n) is 6.54. The van der Waals surface area contributed by atoms with Crippen LogP contribution in [0, 0.1) is 0 Å². The van der Waals surface area contributed by atoms with Gasteiger partial charge in [0.25, 0.3) is 0 Å². The number of nitrogens with two attached hydrogens (primary N) is 4. The van der Waals surface area contributed by atoms with Crippen LogP contribution < -0.4 is 22.9 Å². The second-order valence-corrected chi connectivity index (χ2v) is 9.63. The van der Waals surface area contributed by atoms with Crippen LogP contribution in [0.4, 0.5) is 0 Å². The summed E-state index contributed by atoms with van der Waals surface area (Å²) in [7, 11) is 0. The summed E-state index contributed by atoms with van der Waals surface area (Å²) in [6.45, 7) is -0.763. The van der Waals surface area contributed by atoms with E-state index in [0.717, 1.165) is 0 Å². The predicted molar refractivity (Wildman–Crippen MR) is 120 cm³/mol. The Hall–Kier alpha value is -0.570. The molecule has 16 atom stereocenters. The molecule has 3 aliphatic rings. The first-order chi connectivity index (χ1) is 17.8.